The van der Waals surface area contributed by atoms with Crippen LogP contribution in [0.2, 0.25) is 0 Å². The van der Waals surface area contributed by atoms with Crippen LogP contribution in [0.3, 0.4) is 0 Å². The van der Waals surface area contributed by atoms with Crippen LogP contribution in [-0.4, -0.2) is 39.4 Å². The number of rotatable bonds is 9. The smallest absolute Gasteiger partial charge is 0.328 e. The van der Waals surface area contributed by atoms with E-state index >= 15 is 0 Å². The van der Waals surface area contributed by atoms with Crippen molar-refractivity contribution in [2.24, 2.45) is 0 Å². The molecule has 38 heavy (non-hydrogen) atoms. The largest absolute Gasteiger partial charge is 0.489 e. The van der Waals surface area contributed by atoms with Gasteiger partial charge >= 0.3 is 5.97 Å². The number of esters is 1. The van der Waals surface area contributed by atoms with Gasteiger partial charge < -0.3 is 19.2 Å². The summed E-state index contributed by atoms with van der Waals surface area (Å²) in [6.07, 6.45) is 7.25. The molecule has 1 atom stereocenters. The zero-order chi connectivity index (χ0) is 26.3. The van der Waals surface area contributed by atoms with Crippen LogP contribution in [0.15, 0.2) is 104 Å². The maximum Gasteiger partial charge on any atom is 0.328 e. The molecular formula is C30H26N4O4. The number of ether oxygens (including phenoxy) is 2. The summed E-state index contributed by atoms with van der Waals surface area (Å²) < 4.78 is 12.6. The minimum absolute atomic E-state index is 0.204. The first-order valence-electron chi connectivity index (χ1n) is 12.1. The van der Waals surface area contributed by atoms with Crippen molar-refractivity contribution in [2.75, 3.05) is 7.11 Å². The normalized spacial score (nSPS) is 11.6. The average Bonchev–Trinajstić information content (AvgIpc) is 3.41. The van der Waals surface area contributed by atoms with Gasteiger partial charge in [-0.05, 0) is 58.7 Å². The predicted octanol–water partition coefficient (Wildman–Crippen LogP) is 4.49. The monoisotopic (exact) mass is 506 g/mol. The topological polar surface area (TPSA) is 94.8 Å². The van der Waals surface area contributed by atoms with Crippen molar-refractivity contribution in [2.45, 2.75) is 19.1 Å². The molecule has 0 bridgehead atoms. The zero-order valence-electron chi connectivity index (χ0n) is 20.8. The number of benzene rings is 2. The van der Waals surface area contributed by atoms with E-state index in [1.54, 1.807) is 23.0 Å². The Balaban J connectivity index is 1.26. The SMILES string of the molecule is COC(=O)[C@H](Cc1ccc(OCc2ccccc2)cc1)NC(=O)c1cn2cc(-c3ccncc3)ccc2n1. The summed E-state index contributed by atoms with van der Waals surface area (Å²) in [5, 5.41) is 2.77. The fourth-order valence-electron chi connectivity index (χ4n) is 4.08. The Bertz CT molecular complexity index is 1530. The highest BCUT2D eigenvalue weighted by molar-refractivity contribution is 5.95. The predicted molar refractivity (Wildman–Crippen MR) is 143 cm³/mol. The third kappa shape index (κ3) is 5.87. The molecule has 0 radical (unpaired) electrons. The van der Waals surface area contributed by atoms with Crippen LogP contribution in [0.1, 0.15) is 21.6 Å². The van der Waals surface area contributed by atoms with Gasteiger partial charge in [-0.25, -0.2) is 9.78 Å². The van der Waals surface area contributed by atoms with E-state index in [0.717, 1.165) is 22.3 Å². The standard InChI is InChI=1S/C30H26N4O4/c1-37-30(36)26(17-21-7-10-25(11-8-21)38-20-22-5-3-2-4-6-22)33-29(35)27-19-34-18-24(9-12-28(34)32-27)23-13-15-31-16-14-23/h2-16,18-19,26H,17,20H2,1H3,(H,33,35)/t26-/m0/s1. The van der Waals surface area contributed by atoms with Crippen molar-refractivity contribution < 1.29 is 19.1 Å². The van der Waals surface area contributed by atoms with Gasteiger partial charge in [0.2, 0.25) is 0 Å². The Hall–Kier alpha value is -4.98. The number of hydrogen-bond acceptors (Lipinski definition) is 6. The van der Waals surface area contributed by atoms with Gasteiger partial charge in [0, 0.05) is 31.2 Å². The van der Waals surface area contributed by atoms with E-state index in [0.29, 0.717) is 18.0 Å². The van der Waals surface area contributed by atoms with Crippen LogP contribution < -0.4 is 10.1 Å². The third-order valence-corrected chi connectivity index (χ3v) is 6.10. The van der Waals surface area contributed by atoms with Gasteiger partial charge in [0.1, 0.15) is 29.7 Å². The first-order valence-corrected chi connectivity index (χ1v) is 12.1. The van der Waals surface area contributed by atoms with Crippen molar-refractivity contribution in [1.29, 1.82) is 0 Å². The number of nitrogens with one attached hydrogen (secondary N) is 1. The second-order valence-corrected chi connectivity index (χ2v) is 8.72. The van der Waals surface area contributed by atoms with E-state index in [-0.39, 0.29) is 12.1 Å². The summed E-state index contributed by atoms with van der Waals surface area (Å²) in [7, 11) is 1.30. The fraction of sp³-hybridized carbons (Fsp3) is 0.133. The lowest BCUT2D eigenvalue weighted by Crippen LogP contribution is -2.43. The molecular weight excluding hydrogens is 480 g/mol. The first-order chi connectivity index (χ1) is 18.6. The van der Waals surface area contributed by atoms with E-state index in [1.165, 1.54) is 7.11 Å². The number of carbonyl (C=O) groups excluding carboxylic acids is 2. The molecule has 0 aliphatic heterocycles. The quantitative estimate of drug-likeness (QED) is 0.296. The third-order valence-electron chi connectivity index (χ3n) is 6.10. The van der Waals surface area contributed by atoms with Crippen molar-refractivity contribution in [1.82, 2.24) is 19.7 Å². The number of amides is 1. The number of carbonyl (C=O) groups is 2. The highest BCUT2D eigenvalue weighted by Crippen LogP contribution is 2.20. The molecule has 0 saturated carbocycles. The molecule has 3 aromatic heterocycles. The summed E-state index contributed by atoms with van der Waals surface area (Å²) in [5.74, 6) is -0.282. The maximum absolute atomic E-state index is 13.0. The molecule has 190 valence electrons. The summed E-state index contributed by atoms with van der Waals surface area (Å²) in [6, 6.07) is 24.0. The lowest BCUT2D eigenvalue weighted by Gasteiger charge is -2.16. The number of fused-ring (bicyclic) bond motifs is 1. The maximum atomic E-state index is 13.0. The minimum atomic E-state index is -0.874. The van der Waals surface area contributed by atoms with E-state index in [9.17, 15) is 9.59 Å². The fourth-order valence-corrected chi connectivity index (χ4v) is 4.08. The molecule has 3 heterocycles. The average molecular weight is 507 g/mol. The second-order valence-electron chi connectivity index (χ2n) is 8.72. The summed E-state index contributed by atoms with van der Waals surface area (Å²) in [6.45, 7) is 0.462. The Labute approximate surface area is 219 Å². The Morgan fingerprint density at radius 3 is 2.37 bits per heavy atom. The Kier molecular flexibility index (Phi) is 7.40. The Morgan fingerprint density at radius 2 is 1.63 bits per heavy atom. The van der Waals surface area contributed by atoms with Crippen LogP contribution in [-0.2, 0) is 22.6 Å². The van der Waals surface area contributed by atoms with Crippen LogP contribution in [0.4, 0.5) is 0 Å². The van der Waals surface area contributed by atoms with E-state index in [4.69, 9.17) is 9.47 Å². The Morgan fingerprint density at radius 1 is 0.868 bits per heavy atom. The van der Waals surface area contributed by atoms with Crippen LogP contribution >= 0.6 is 0 Å². The number of hydrogen-bond donors (Lipinski definition) is 1. The van der Waals surface area contributed by atoms with Gasteiger partial charge in [-0.3, -0.25) is 9.78 Å². The van der Waals surface area contributed by atoms with Crippen molar-refractivity contribution in [3.05, 3.63) is 120 Å². The van der Waals surface area contributed by atoms with E-state index in [1.807, 2.05) is 85.1 Å². The van der Waals surface area contributed by atoms with Gasteiger partial charge in [0.15, 0.2) is 0 Å². The molecule has 0 unspecified atom stereocenters. The molecule has 0 aliphatic carbocycles. The molecule has 5 rings (SSSR count). The molecule has 5 aromatic rings. The van der Waals surface area contributed by atoms with Crippen LogP contribution in [0.25, 0.3) is 16.8 Å². The van der Waals surface area contributed by atoms with Crippen LogP contribution in [0.5, 0.6) is 5.75 Å². The number of pyridine rings is 2. The highest BCUT2D eigenvalue weighted by Gasteiger charge is 2.24. The number of imidazole rings is 1. The lowest BCUT2D eigenvalue weighted by molar-refractivity contribution is -0.142. The molecule has 0 fully saturated rings. The molecule has 0 spiro atoms. The van der Waals surface area contributed by atoms with Gasteiger partial charge in [0.25, 0.3) is 5.91 Å². The molecule has 1 N–H and O–H groups in total. The molecule has 0 saturated heterocycles. The lowest BCUT2D eigenvalue weighted by atomic mass is 10.1. The number of aromatic nitrogens is 3. The first kappa shape index (κ1) is 24.7. The van der Waals surface area contributed by atoms with Gasteiger partial charge in [0.05, 0.1) is 7.11 Å². The number of nitrogens with zero attached hydrogens (tertiary/aromatic N) is 3. The van der Waals surface area contributed by atoms with Gasteiger partial charge in [-0.1, -0.05) is 42.5 Å². The minimum Gasteiger partial charge on any atom is -0.489 e. The summed E-state index contributed by atoms with van der Waals surface area (Å²) >= 11 is 0. The van der Waals surface area contributed by atoms with Crippen molar-refractivity contribution >= 4 is 17.5 Å². The second kappa shape index (κ2) is 11.4. The molecule has 0 aliphatic rings. The van der Waals surface area contributed by atoms with Crippen molar-refractivity contribution in [3.8, 4) is 16.9 Å². The van der Waals surface area contributed by atoms with E-state index < -0.39 is 17.9 Å². The molecule has 1 amide bonds. The summed E-state index contributed by atoms with van der Waals surface area (Å²) in [5.41, 5.74) is 4.72. The highest BCUT2D eigenvalue weighted by atomic mass is 16.5. The van der Waals surface area contributed by atoms with Gasteiger partial charge in [-0.2, -0.15) is 0 Å². The zero-order valence-corrected chi connectivity index (χ0v) is 20.8. The van der Waals surface area contributed by atoms with Crippen molar-refractivity contribution in [3.63, 3.8) is 0 Å². The van der Waals surface area contributed by atoms with Crippen LogP contribution in [0, 0.1) is 0 Å². The summed E-state index contributed by atoms with van der Waals surface area (Å²) in [4.78, 5) is 34.0. The molecule has 8 heteroatoms. The van der Waals surface area contributed by atoms with E-state index in [2.05, 4.69) is 15.3 Å². The molecule has 8 nitrogen and oxygen atoms in total. The molecule has 2 aromatic carbocycles. The number of methoxy groups -OCH3 is 1. The van der Waals surface area contributed by atoms with Gasteiger partial charge in [-0.15, -0.1) is 0 Å².